The molecule has 2 bridgehead atoms. The molecule has 152 valence electrons. The SMILES string of the molecule is Cc1nccc(N2CC(Cc3ccccc3F)(C(=O)N[C@@H]3C[C@@H]4CC[C@H]3C4)C2)n1. The first-order valence-electron chi connectivity index (χ1n) is 10.6. The Morgan fingerprint density at radius 2 is 2.07 bits per heavy atom. The fraction of sp³-hybridized carbons (Fsp3) is 0.522. The topological polar surface area (TPSA) is 58.1 Å². The quantitative estimate of drug-likeness (QED) is 0.846. The molecule has 29 heavy (non-hydrogen) atoms. The van der Waals surface area contributed by atoms with Gasteiger partial charge in [0.05, 0.1) is 5.41 Å². The highest BCUT2D eigenvalue weighted by Crippen LogP contribution is 2.45. The number of aromatic nitrogens is 2. The van der Waals surface area contributed by atoms with Gasteiger partial charge in [-0.25, -0.2) is 14.4 Å². The lowest BCUT2D eigenvalue weighted by Gasteiger charge is -2.50. The smallest absolute Gasteiger partial charge is 0.230 e. The Morgan fingerprint density at radius 3 is 2.76 bits per heavy atom. The van der Waals surface area contributed by atoms with Crippen LogP contribution in [0.5, 0.6) is 0 Å². The maximum absolute atomic E-state index is 14.4. The van der Waals surface area contributed by atoms with E-state index in [0.29, 0.717) is 36.8 Å². The van der Waals surface area contributed by atoms with Crippen molar-refractivity contribution in [2.45, 2.75) is 45.1 Å². The van der Waals surface area contributed by atoms with Gasteiger partial charge in [-0.05, 0) is 62.1 Å². The van der Waals surface area contributed by atoms with Crippen LogP contribution in [0.3, 0.4) is 0 Å². The average molecular weight is 394 g/mol. The first-order valence-corrected chi connectivity index (χ1v) is 10.6. The molecule has 3 aliphatic rings. The number of aryl methyl sites for hydroxylation is 1. The molecule has 1 aromatic heterocycles. The highest BCUT2D eigenvalue weighted by molar-refractivity contribution is 5.86. The van der Waals surface area contributed by atoms with E-state index in [-0.39, 0.29) is 17.8 Å². The van der Waals surface area contributed by atoms with Gasteiger partial charge in [-0.3, -0.25) is 4.79 Å². The molecular weight excluding hydrogens is 367 g/mol. The molecule has 1 saturated heterocycles. The van der Waals surface area contributed by atoms with Crippen LogP contribution in [-0.4, -0.2) is 35.0 Å². The standard InChI is InChI=1S/C23H27FN4O/c1-15-25-9-8-21(26-15)28-13-23(14-28,12-18-4-2-3-5-19(18)24)22(29)27-20-11-16-6-7-17(20)10-16/h2-5,8-9,16-17,20H,6-7,10-14H2,1H3,(H,27,29)/t16-,17+,20-/m1/s1. The highest BCUT2D eigenvalue weighted by atomic mass is 19.1. The van der Waals surface area contributed by atoms with Crippen LogP contribution in [0.15, 0.2) is 36.5 Å². The monoisotopic (exact) mass is 394 g/mol. The van der Waals surface area contributed by atoms with Gasteiger partial charge in [-0.15, -0.1) is 0 Å². The third kappa shape index (κ3) is 3.38. The Morgan fingerprint density at radius 1 is 1.24 bits per heavy atom. The van der Waals surface area contributed by atoms with Crippen LogP contribution < -0.4 is 10.2 Å². The van der Waals surface area contributed by atoms with Crippen LogP contribution >= 0.6 is 0 Å². The maximum Gasteiger partial charge on any atom is 0.230 e. The molecule has 2 aliphatic carbocycles. The number of amides is 1. The predicted molar refractivity (Wildman–Crippen MR) is 109 cm³/mol. The zero-order valence-corrected chi connectivity index (χ0v) is 16.8. The van der Waals surface area contributed by atoms with E-state index in [1.54, 1.807) is 18.3 Å². The molecular formula is C23H27FN4O. The number of carbonyl (C=O) groups excluding carboxylic acids is 1. The van der Waals surface area contributed by atoms with E-state index in [1.807, 2.05) is 19.1 Å². The number of hydrogen-bond acceptors (Lipinski definition) is 4. The lowest BCUT2D eigenvalue weighted by Crippen LogP contribution is -2.66. The molecule has 1 aromatic carbocycles. The predicted octanol–water partition coefficient (Wildman–Crippen LogP) is 3.28. The summed E-state index contributed by atoms with van der Waals surface area (Å²) in [5.74, 6) is 2.76. The molecule has 1 aliphatic heterocycles. The molecule has 1 amide bonds. The second-order valence-corrected chi connectivity index (χ2v) is 9.12. The minimum absolute atomic E-state index is 0.0698. The number of fused-ring (bicyclic) bond motifs is 2. The van der Waals surface area contributed by atoms with Crippen molar-refractivity contribution in [2.24, 2.45) is 17.3 Å². The van der Waals surface area contributed by atoms with Crippen molar-refractivity contribution in [2.75, 3.05) is 18.0 Å². The Balaban J connectivity index is 1.36. The minimum Gasteiger partial charge on any atom is -0.354 e. The van der Waals surface area contributed by atoms with Crippen molar-refractivity contribution >= 4 is 11.7 Å². The second kappa shape index (κ2) is 7.08. The van der Waals surface area contributed by atoms with Gasteiger partial charge in [0.15, 0.2) is 0 Å². The van der Waals surface area contributed by atoms with Crippen LogP contribution in [0.25, 0.3) is 0 Å². The Hall–Kier alpha value is -2.50. The van der Waals surface area contributed by atoms with E-state index in [2.05, 4.69) is 20.2 Å². The lowest BCUT2D eigenvalue weighted by atomic mass is 9.73. The number of carbonyl (C=O) groups is 1. The summed E-state index contributed by atoms with van der Waals surface area (Å²) in [6, 6.07) is 8.95. The molecule has 2 aromatic rings. The maximum atomic E-state index is 14.4. The number of rotatable bonds is 5. The zero-order valence-electron chi connectivity index (χ0n) is 16.8. The number of nitrogens with zero attached hydrogens (tertiary/aromatic N) is 3. The van der Waals surface area contributed by atoms with E-state index in [0.717, 1.165) is 18.2 Å². The summed E-state index contributed by atoms with van der Waals surface area (Å²) >= 11 is 0. The van der Waals surface area contributed by atoms with Gasteiger partial charge >= 0.3 is 0 Å². The molecule has 6 heteroatoms. The Kier molecular flexibility index (Phi) is 4.52. The van der Waals surface area contributed by atoms with E-state index in [1.165, 1.54) is 25.3 Å². The second-order valence-electron chi connectivity index (χ2n) is 9.12. The zero-order chi connectivity index (χ0) is 20.0. The van der Waals surface area contributed by atoms with Crippen molar-refractivity contribution in [1.82, 2.24) is 15.3 Å². The largest absolute Gasteiger partial charge is 0.354 e. The molecule has 0 radical (unpaired) electrons. The van der Waals surface area contributed by atoms with Crippen molar-refractivity contribution < 1.29 is 9.18 Å². The van der Waals surface area contributed by atoms with Crippen molar-refractivity contribution in [3.63, 3.8) is 0 Å². The van der Waals surface area contributed by atoms with E-state index in [9.17, 15) is 9.18 Å². The summed E-state index contributed by atoms with van der Waals surface area (Å²) in [4.78, 5) is 24.2. The number of anilines is 1. The minimum atomic E-state index is -0.622. The molecule has 5 rings (SSSR count). The molecule has 1 N–H and O–H groups in total. The van der Waals surface area contributed by atoms with Crippen LogP contribution in [-0.2, 0) is 11.2 Å². The normalized spacial score (nSPS) is 27.0. The molecule has 5 nitrogen and oxygen atoms in total. The fourth-order valence-electron chi connectivity index (χ4n) is 5.55. The summed E-state index contributed by atoms with van der Waals surface area (Å²) in [7, 11) is 0. The first-order chi connectivity index (χ1) is 14.0. The number of hydrogen-bond donors (Lipinski definition) is 1. The van der Waals surface area contributed by atoms with E-state index >= 15 is 0 Å². The van der Waals surface area contributed by atoms with Crippen LogP contribution in [0.2, 0.25) is 0 Å². The fourth-order valence-corrected chi connectivity index (χ4v) is 5.55. The highest BCUT2D eigenvalue weighted by Gasteiger charge is 2.51. The van der Waals surface area contributed by atoms with E-state index < -0.39 is 5.41 Å². The Bertz CT molecular complexity index is 927. The lowest BCUT2D eigenvalue weighted by molar-refractivity contribution is -0.133. The summed E-state index contributed by atoms with van der Waals surface area (Å²) in [6.07, 6.45) is 7.02. The molecule has 3 atom stereocenters. The van der Waals surface area contributed by atoms with Gasteiger partial charge in [0, 0.05) is 25.3 Å². The number of halogens is 1. The number of benzene rings is 1. The van der Waals surface area contributed by atoms with Crippen molar-refractivity contribution in [3.05, 3.63) is 53.7 Å². The summed E-state index contributed by atoms with van der Waals surface area (Å²) < 4.78 is 14.4. The van der Waals surface area contributed by atoms with Crippen LogP contribution in [0.4, 0.5) is 10.2 Å². The van der Waals surface area contributed by atoms with E-state index in [4.69, 9.17) is 0 Å². The molecule has 3 fully saturated rings. The third-order valence-electron chi connectivity index (χ3n) is 7.10. The summed E-state index contributed by atoms with van der Waals surface area (Å²) in [6.45, 7) is 2.95. The van der Waals surface area contributed by atoms with Gasteiger partial charge in [0.25, 0.3) is 0 Å². The summed E-state index contributed by atoms with van der Waals surface area (Å²) in [5.41, 5.74) is -0.0165. The summed E-state index contributed by atoms with van der Waals surface area (Å²) in [5, 5.41) is 3.36. The van der Waals surface area contributed by atoms with Gasteiger partial charge in [0.2, 0.25) is 5.91 Å². The third-order valence-corrected chi connectivity index (χ3v) is 7.10. The van der Waals surface area contributed by atoms with Crippen molar-refractivity contribution in [1.29, 1.82) is 0 Å². The molecule has 2 heterocycles. The van der Waals surface area contributed by atoms with Gasteiger partial charge in [-0.1, -0.05) is 24.6 Å². The van der Waals surface area contributed by atoms with Crippen LogP contribution in [0, 0.1) is 30.0 Å². The van der Waals surface area contributed by atoms with Gasteiger partial charge < -0.3 is 10.2 Å². The molecule has 2 saturated carbocycles. The van der Waals surface area contributed by atoms with Gasteiger partial charge in [-0.2, -0.15) is 0 Å². The Labute approximate surface area is 170 Å². The first kappa shape index (κ1) is 18.5. The molecule has 0 unspecified atom stereocenters. The molecule has 0 spiro atoms. The van der Waals surface area contributed by atoms with Crippen LogP contribution in [0.1, 0.15) is 37.1 Å². The average Bonchev–Trinajstić information content (AvgIpc) is 3.29. The van der Waals surface area contributed by atoms with Gasteiger partial charge in [0.1, 0.15) is 17.5 Å². The van der Waals surface area contributed by atoms with Crippen molar-refractivity contribution in [3.8, 4) is 0 Å². The number of nitrogens with one attached hydrogen (secondary N) is 1.